The molecule has 0 aromatic rings. The normalized spacial score (nSPS) is 45.0. The van der Waals surface area contributed by atoms with Gasteiger partial charge in [0.1, 0.15) is 0 Å². The van der Waals surface area contributed by atoms with E-state index in [1.54, 1.807) is 38.5 Å². The molecule has 15 rings (SSSR count). The molecule has 6 saturated carbocycles. The summed E-state index contributed by atoms with van der Waals surface area (Å²) in [6.45, 7) is 6.55. The fraction of sp³-hybridized carbons (Fsp3) is 1.00. The van der Waals surface area contributed by atoms with Gasteiger partial charge in [0.2, 0.25) is 0 Å². The first-order valence-electron chi connectivity index (χ1n) is 18.4. The van der Waals surface area contributed by atoms with Crippen molar-refractivity contribution in [2.24, 2.45) is 35.5 Å². The Hall–Kier alpha value is 0.230. The minimum absolute atomic E-state index is 0.653. The molecule has 230 valence electrons. The monoisotopic (exact) mass is 572 g/mol. The van der Waals surface area contributed by atoms with Gasteiger partial charge in [0.05, 0.1) is 6.10 Å². The SMILES string of the molecule is C1CC2CCC1CC2.C1CC2CCC1CN2.C1CC2CCC1CO2.C1CC2CCC1CS2.C1CN2CCC1CC2. The Bertz CT molecular complexity index is 439. The molecule has 0 radical (unpaired) electrons. The lowest BCUT2D eigenvalue weighted by Gasteiger charge is -2.38. The molecule has 15 aliphatic rings. The molecule has 9 aliphatic heterocycles. The molecule has 40 heavy (non-hydrogen) atoms. The second-order valence-corrected chi connectivity index (χ2v) is 16.9. The summed E-state index contributed by atoms with van der Waals surface area (Å²) in [5.74, 6) is 7.98. The molecule has 0 spiro atoms. The van der Waals surface area contributed by atoms with Gasteiger partial charge in [-0.1, -0.05) is 38.5 Å². The van der Waals surface area contributed by atoms with Crippen LogP contribution in [0.1, 0.15) is 135 Å². The molecule has 10 bridgehead atoms. The largest absolute Gasteiger partial charge is 0.378 e. The third-order valence-corrected chi connectivity index (χ3v) is 14.4. The van der Waals surface area contributed by atoms with Crippen LogP contribution in [-0.4, -0.2) is 60.8 Å². The molecule has 0 amide bonds. The van der Waals surface area contributed by atoms with Crippen molar-refractivity contribution in [2.75, 3.05) is 38.5 Å². The maximum atomic E-state index is 5.48. The second kappa shape index (κ2) is 15.8. The van der Waals surface area contributed by atoms with Crippen LogP contribution >= 0.6 is 11.8 Å². The Morgan fingerprint density at radius 2 is 0.975 bits per heavy atom. The zero-order valence-corrected chi connectivity index (χ0v) is 26.9. The Morgan fingerprint density at radius 1 is 0.475 bits per heavy atom. The van der Waals surface area contributed by atoms with E-state index in [2.05, 4.69) is 22.0 Å². The average molecular weight is 573 g/mol. The van der Waals surface area contributed by atoms with E-state index in [4.69, 9.17) is 4.74 Å². The number of fused-ring (bicyclic) bond motifs is 15. The van der Waals surface area contributed by atoms with Gasteiger partial charge in [0.15, 0.2) is 0 Å². The molecule has 4 heteroatoms. The van der Waals surface area contributed by atoms with Gasteiger partial charge in [0, 0.05) is 17.9 Å². The molecule has 3 nitrogen and oxygen atoms in total. The minimum Gasteiger partial charge on any atom is -0.378 e. The first kappa shape index (κ1) is 30.3. The first-order valence-corrected chi connectivity index (χ1v) is 19.5. The Morgan fingerprint density at radius 3 is 1.10 bits per heavy atom. The highest BCUT2D eigenvalue weighted by Crippen LogP contribution is 2.41. The van der Waals surface area contributed by atoms with Crippen molar-refractivity contribution < 1.29 is 4.74 Å². The Balaban J connectivity index is 0.0000000904. The van der Waals surface area contributed by atoms with Crippen molar-refractivity contribution in [3.63, 3.8) is 0 Å². The molecule has 0 aromatic carbocycles. The fourth-order valence-corrected chi connectivity index (χ4v) is 11.0. The lowest BCUT2D eigenvalue weighted by atomic mass is 9.71. The van der Waals surface area contributed by atoms with E-state index in [9.17, 15) is 0 Å². The maximum absolute atomic E-state index is 5.48. The molecule has 6 aliphatic carbocycles. The van der Waals surface area contributed by atoms with E-state index in [0.717, 1.165) is 53.4 Å². The quantitative estimate of drug-likeness (QED) is 0.314. The number of ether oxygens (including phenoxy) is 1. The van der Waals surface area contributed by atoms with Gasteiger partial charge in [-0.25, -0.2) is 0 Å². The summed E-state index contributed by atoms with van der Waals surface area (Å²) in [5, 5.41) is 4.59. The highest BCUT2D eigenvalue weighted by molar-refractivity contribution is 8.00. The van der Waals surface area contributed by atoms with Crippen LogP contribution in [0.5, 0.6) is 0 Å². The summed E-state index contributed by atoms with van der Waals surface area (Å²) < 4.78 is 5.48. The van der Waals surface area contributed by atoms with E-state index in [0.29, 0.717) is 6.10 Å². The summed E-state index contributed by atoms with van der Waals surface area (Å²) >= 11 is 2.21. The van der Waals surface area contributed by atoms with Crippen molar-refractivity contribution >= 4 is 11.8 Å². The summed E-state index contributed by atoms with van der Waals surface area (Å²) in [7, 11) is 0. The van der Waals surface area contributed by atoms with Crippen molar-refractivity contribution in [1.29, 1.82) is 0 Å². The number of nitrogens with zero attached hydrogens (tertiary/aromatic N) is 1. The number of hydrogen-bond donors (Lipinski definition) is 1. The maximum Gasteiger partial charge on any atom is 0.0575 e. The van der Waals surface area contributed by atoms with Gasteiger partial charge in [-0.2, -0.15) is 11.8 Å². The molecule has 0 aromatic heterocycles. The van der Waals surface area contributed by atoms with Crippen LogP contribution < -0.4 is 5.32 Å². The van der Waals surface area contributed by atoms with E-state index in [-0.39, 0.29) is 0 Å². The Kier molecular flexibility index (Phi) is 12.0. The number of thioether (sulfide) groups is 1. The fourth-order valence-electron chi connectivity index (χ4n) is 9.52. The van der Waals surface area contributed by atoms with Gasteiger partial charge in [-0.3, -0.25) is 0 Å². The van der Waals surface area contributed by atoms with Crippen LogP contribution in [0, 0.1) is 35.5 Å². The summed E-state index contributed by atoms with van der Waals surface area (Å²) in [5.41, 5.74) is 0. The lowest BCUT2D eigenvalue weighted by Crippen LogP contribution is -2.44. The molecule has 0 unspecified atom stereocenters. The zero-order chi connectivity index (χ0) is 27.0. The van der Waals surface area contributed by atoms with Gasteiger partial charge >= 0.3 is 0 Å². The Labute approximate surface area is 252 Å². The molecular weight excluding hydrogens is 508 g/mol. The molecule has 9 saturated heterocycles. The molecule has 9 heterocycles. The molecule has 0 atom stereocenters. The number of piperidine rings is 5. The average Bonchev–Trinajstić information content (AvgIpc) is 3.10. The number of nitrogens with one attached hydrogen (secondary N) is 1. The first-order chi connectivity index (χ1) is 19.7. The molecule has 1 N–H and O–H groups in total. The summed E-state index contributed by atoms with van der Waals surface area (Å²) in [6, 6.07) is 0.903. The topological polar surface area (TPSA) is 24.5 Å². The van der Waals surface area contributed by atoms with Gasteiger partial charge < -0.3 is 15.0 Å². The van der Waals surface area contributed by atoms with Crippen LogP contribution in [0.15, 0.2) is 0 Å². The van der Waals surface area contributed by atoms with Crippen LogP contribution in [-0.2, 0) is 4.74 Å². The predicted molar refractivity (Wildman–Crippen MR) is 172 cm³/mol. The van der Waals surface area contributed by atoms with Gasteiger partial charge in [-0.15, -0.1) is 0 Å². The van der Waals surface area contributed by atoms with E-state index in [1.165, 1.54) is 128 Å². The van der Waals surface area contributed by atoms with Crippen LogP contribution in [0.25, 0.3) is 0 Å². The van der Waals surface area contributed by atoms with Gasteiger partial charge in [-0.05, 0) is 164 Å². The van der Waals surface area contributed by atoms with E-state index < -0.39 is 0 Å². The van der Waals surface area contributed by atoms with Crippen molar-refractivity contribution in [2.45, 2.75) is 152 Å². The second-order valence-electron chi connectivity index (χ2n) is 15.6. The van der Waals surface area contributed by atoms with E-state index in [1.807, 2.05) is 0 Å². The van der Waals surface area contributed by atoms with E-state index >= 15 is 0 Å². The van der Waals surface area contributed by atoms with Gasteiger partial charge in [0.25, 0.3) is 0 Å². The highest BCUT2D eigenvalue weighted by atomic mass is 32.2. The van der Waals surface area contributed by atoms with Crippen LogP contribution in [0.4, 0.5) is 0 Å². The van der Waals surface area contributed by atoms with Crippen molar-refractivity contribution in [3.05, 3.63) is 0 Å². The van der Waals surface area contributed by atoms with Crippen molar-refractivity contribution in [3.8, 4) is 0 Å². The number of rotatable bonds is 0. The standard InChI is InChI=1S/C8H14.2C7H13N.C7H12O.C7H12S/c1-2-8-5-3-7(1)4-6-8;1-4-8-5-2-7(1)3-6-8;3*1-3-7-4-2-6(1)5-8-7/h7-8H,1-6H2;7H,1-6H2;6-8H,1-5H2;2*6-7H,1-5H2. The third-order valence-electron chi connectivity index (χ3n) is 12.8. The predicted octanol–water partition coefficient (Wildman–Crippen LogP) is 8.70. The highest BCUT2D eigenvalue weighted by Gasteiger charge is 2.29. The summed E-state index contributed by atoms with van der Waals surface area (Å²) in [4.78, 5) is 2.58. The smallest absolute Gasteiger partial charge is 0.0575 e. The molecule has 15 fully saturated rings. The minimum atomic E-state index is 0.653. The van der Waals surface area contributed by atoms with Crippen LogP contribution in [0.3, 0.4) is 0 Å². The van der Waals surface area contributed by atoms with Crippen molar-refractivity contribution in [1.82, 2.24) is 10.2 Å². The third kappa shape index (κ3) is 9.36. The zero-order valence-electron chi connectivity index (χ0n) is 26.1. The van der Waals surface area contributed by atoms with Crippen LogP contribution in [0.2, 0.25) is 0 Å². The number of hydrogen-bond acceptors (Lipinski definition) is 4. The summed E-state index contributed by atoms with van der Waals surface area (Å²) in [6.07, 6.45) is 32.0. The molecular formula is C36H64N2OS. The lowest BCUT2D eigenvalue weighted by molar-refractivity contribution is -0.0615.